The SMILES string of the molecule is Cc1ccc(-c2csc3ncnc(N4CCC(C(=O)[O-])CC4)c23)cc1. The van der Waals surface area contributed by atoms with Crippen LogP contribution < -0.4 is 10.0 Å². The summed E-state index contributed by atoms with van der Waals surface area (Å²) in [5, 5.41) is 14.3. The van der Waals surface area contributed by atoms with Crippen molar-refractivity contribution in [1.29, 1.82) is 0 Å². The van der Waals surface area contributed by atoms with E-state index < -0.39 is 5.97 Å². The molecule has 1 aromatic carbocycles. The van der Waals surface area contributed by atoms with Crippen LogP contribution in [0, 0.1) is 12.8 Å². The van der Waals surface area contributed by atoms with Crippen molar-refractivity contribution in [2.45, 2.75) is 19.8 Å². The number of carboxylic acid groups (broad SMARTS) is 1. The van der Waals surface area contributed by atoms with Gasteiger partial charge in [0.05, 0.1) is 5.39 Å². The molecule has 0 saturated carbocycles. The molecule has 1 aliphatic rings. The Morgan fingerprint density at radius 1 is 1.20 bits per heavy atom. The van der Waals surface area contributed by atoms with Crippen LogP contribution in [0.4, 0.5) is 5.82 Å². The number of anilines is 1. The summed E-state index contributed by atoms with van der Waals surface area (Å²) in [6.45, 7) is 3.42. The molecule has 0 N–H and O–H groups in total. The van der Waals surface area contributed by atoms with E-state index in [9.17, 15) is 9.90 Å². The minimum absolute atomic E-state index is 0.354. The normalized spacial score (nSPS) is 15.6. The van der Waals surface area contributed by atoms with Gasteiger partial charge in [-0.2, -0.15) is 0 Å². The first-order valence-electron chi connectivity index (χ1n) is 8.38. The number of rotatable bonds is 3. The molecule has 5 nitrogen and oxygen atoms in total. The number of benzene rings is 1. The molecule has 0 radical (unpaired) electrons. The van der Waals surface area contributed by atoms with Crippen LogP contribution in [-0.2, 0) is 4.79 Å². The summed E-state index contributed by atoms with van der Waals surface area (Å²) < 4.78 is 0. The van der Waals surface area contributed by atoms with Crippen LogP contribution in [0.1, 0.15) is 18.4 Å². The highest BCUT2D eigenvalue weighted by Crippen LogP contribution is 2.38. The standard InChI is InChI=1S/C19H19N3O2S/c1-12-2-4-13(5-3-12)15-10-25-18-16(15)17(20-11-21-18)22-8-6-14(7-9-22)19(23)24/h2-5,10-11,14H,6-9H2,1H3,(H,23,24)/p-1. The molecule has 3 aromatic rings. The number of nitrogens with zero attached hydrogens (tertiary/aromatic N) is 3. The predicted octanol–water partition coefficient (Wildman–Crippen LogP) is 2.63. The highest BCUT2D eigenvalue weighted by atomic mass is 32.1. The van der Waals surface area contributed by atoms with Gasteiger partial charge in [0.2, 0.25) is 0 Å². The fourth-order valence-electron chi connectivity index (χ4n) is 3.37. The lowest BCUT2D eigenvalue weighted by Gasteiger charge is -2.33. The monoisotopic (exact) mass is 352 g/mol. The van der Waals surface area contributed by atoms with Crippen LogP contribution in [0.5, 0.6) is 0 Å². The molecule has 1 fully saturated rings. The third kappa shape index (κ3) is 2.98. The number of hydrogen-bond acceptors (Lipinski definition) is 6. The average Bonchev–Trinajstić information content (AvgIpc) is 3.07. The van der Waals surface area contributed by atoms with E-state index in [1.807, 2.05) is 0 Å². The van der Waals surface area contributed by atoms with Gasteiger partial charge in [0, 0.05) is 35.9 Å². The predicted molar refractivity (Wildman–Crippen MR) is 97.5 cm³/mol. The first kappa shape index (κ1) is 16.0. The van der Waals surface area contributed by atoms with Crippen LogP contribution in [0.2, 0.25) is 0 Å². The van der Waals surface area contributed by atoms with Crippen LogP contribution >= 0.6 is 11.3 Å². The maximum Gasteiger partial charge on any atom is 0.141 e. The van der Waals surface area contributed by atoms with E-state index in [4.69, 9.17) is 0 Å². The van der Waals surface area contributed by atoms with Gasteiger partial charge >= 0.3 is 0 Å². The van der Waals surface area contributed by atoms with Crippen molar-refractivity contribution >= 4 is 33.3 Å². The fourth-order valence-corrected chi connectivity index (χ4v) is 4.28. The summed E-state index contributed by atoms with van der Waals surface area (Å²) in [6.07, 6.45) is 2.79. The number of aryl methyl sites for hydroxylation is 1. The molecule has 3 heterocycles. The summed E-state index contributed by atoms with van der Waals surface area (Å²) in [6, 6.07) is 8.45. The molecule has 6 heteroatoms. The van der Waals surface area contributed by atoms with E-state index >= 15 is 0 Å². The van der Waals surface area contributed by atoms with E-state index in [-0.39, 0.29) is 5.92 Å². The van der Waals surface area contributed by atoms with Gasteiger partial charge in [-0.3, -0.25) is 0 Å². The van der Waals surface area contributed by atoms with Crippen LogP contribution in [0.3, 0.4) is 0 Å². The molecule has 1 saturated heterocycles. The van der Waals surface area contributed by atoms with E-state index in [1.165, 1.54) is 5.56 Å². The molecule has 25 heavy (non-hydrogen) atoms. The van der Waals surface area contributed by atoms with Crippen molar-refractivity contribution in [3.05, 3.63) is 41.5 Å². The Morgan fingerprint density at radius 3 is 2.60 bits per heavy atom. The van der Waals surface area contributed by atoms with Gasteiger partial charge in [0.25, 0.3) is 0 Å². The number of aromatic nitrogens is 2. The van der Waals surface area contributed by atoms with Gasteiger partial charge < -0.3 is 14.8 Å². The summed E-state index contributed by atoms with van der Waals surface area (Å²) in [5.74, 6) is -0.394. The first-order valence-corrected chi connectivity index (χ1v) is 9.26. The van der Waals surface area contributed by atoms with Crippen molar-refractivity contribution in [3.63, 3.8) is 0 Å². The van der Waals surface area contributed by atoms with Crippen molar-refractivity contribution < 1.29 is 9.90 Å². The van der Waals surface area contributed by atoms with E-state index in [2.05, 4.69) is 51.4 Å². The van der Waals surface area contributed by atoms with E-state index in [1.54, 1.807) is 17.7 Å². The zero-order valence-corrected chi connectivity index (χ0v) is 14.8. The number of carbonyl (C=O) groups is 1. The molecule has 0 unspecified atom stereocenters. The summed E-state index contributed by atoms with van der Waals surface area (Å²) in [5.41, 5.74) is 3.51. The Hall–Kier alpha value is -2.47. The number of carbonyl (C=O) groups excluding carboxylic acids is 1. The quantitative estimate of drug-likeness (QED) is 0.725. The molecule has 0 atom stereocenters. The lowest BCUT2D eigenvalue weighted by atomic mass is 9.96. The zero-order valence-electron chi connectivity index (χ0n) is 13.9. The first-order chi connectivity index (χ1) is 12.1. The summed E-state index contributed by atoms with van der Waals surface area (Å²) in [4.78, 5) is 23.2. The summed E-state index contributed by atoms with van der Waals surface area (Å²) >= 11 is 1.61. The maximum absolute atomic E-state index is 11.1. The smallest absolute Gasteiger partial charge is 0.141 e. The van der Waals surface area contributed by atoms with Gasteiger partial charge in [0.1, 0.15) is 17.0 Å². The van der Waals surface area contributed by atoms with Crippen LogP contribution in [0.25, 0.3) is 21.3 Å². The minimum Gasteiger partial charge on any atom is -0.550 e. The molecule has 0 aliphatic carbocycles. The minimum atomic E-state index is -0.941. The molecule has 4 rings (SSSR count). The van der Waals surface area contributed by atoms with Crippen LogP contribution in [-0.4, -0.2) is 29.0 Å². The highest BCUT2D eigenvalue weighted by Gasteiger charge is 2.24. The second-order valence-corrected chi connectivity index (χ2v) is 7.33. The third-order valence-electron chi connectivity index (χ3n) is 4.84. The van der Waals surface area contributed by atoms with Gasteiger partial charge in [-0.05, 0) is 25.3 Å². The third-order valence-corrected chi connectivity index (χ3v) is 5.73. The largest absolute Gasteiger partial charge is 0.550 e. The molecule has 0 bridgehead atoms. The van der Waals surface area contributed by atoms with E-state index in [0.717, 1.165) is 27.2 Å². The fraction of sp³-hybridized carbons (Fsp3) is 0.316. The van der Waals surface area contributed by atoms with Crippen molar-refractivity contribution in [3.8, 4) is 11.1 Å². The Kier molecular flexibility index (Phi) is 4.13. The Labute approximate surface area is 150 Å². The van der Waals surface area contributed by atoms with Crippen LogP contribution in [0.15, 0.2) is 36.0 Å². The Bertz CT molecular complexity index is 912. The van der Waals surface area contributed by atoms with Gasteiger partial charge in [0.15, 0.2) is 0 Å². The highest BCUT2D eigenvalue weighted by molar-refractivity contribution is 7.17. The topological polar surface area (TPSA) is 69.2 Å². The second kappa shape index (κ2) is 6.44. The maximum atomic E-state index is 11.1. The molecule has 2 aromatic heterocycles. The molecular formula is C19H18N3O2S-. The number of thiophene rings is 1. The van der Waals surface area contributed by atoms with Gasteiger partial charge in [-0.1, -0.05) is 29.8 Å². The van der Waals surface area contributed by atoms with Crippen molar-refractivity contribution in [1.82, 2.24) is 9.97 Å². The molecule has 128 valence electrons. The average molecular weight is 352 g/mol. The molecule has 0 amide bonds. The lowest BCUT2D eigenvalue weighted by molar-refractivity contribution is -0.312. The molecule has 1 aliphatic heterocycles. The number of carboxylic acids is 1. The lowest BCUT2D eigenvalue weighted by Crippen LogP contribution is -2.41. The number of piperidine rings is 1. The Morgan fingerprint density at radius 2 is 1.92 bits per heavy atom. The van der Waals surface area contributed by atoms with E-state index in [0.29, 0.717) is 25.9 Å². The van der Waals surface area contributed by atoms with Gasteiger partial charge in [-0.15, -0.1) is 11.3 Å². The van der Waals surface area contributed by atoms with Crippen molar-refractivity contribution in [2.24, 2.45) is 5.92 Å². The van der Waals surface area contributed by atoms with Gasteiger partial charge in [-0.25, -0.2) is 9.97 Å². The number of hydrogen-bond donors (Lipinski definition) is 0. The number of aliphatic carboxylic acids is 1. The summed E-state index contributed by atoms with van der Waals surface area (Å²) in [7, 11) is 0. The number of fused-ring (bicyclic) bond motifs is 1. The second-order valence-electron chi connectivity index (χ2n) is 6.47. The Balaban J connectivity index is 1.74. The zero-order chi connectivity index (χ0) is 17.4. The van der Waals surface area contributed by atoms with Crippen molar-refractivity contribution in [2.75, 3.05) is 18.0 Å². The molecule has 0 spiro atoms. The molecular weight excluding hydrogens is 334 g/mol.